The van der Waals surface area contributed by atoms with E-state index in [2.05, 4.69) is 20.6 Å². The zero-order valence-corrected chi connectivity index (χ0v) is 20.5. The van der Waals surface area contributed by atoms with E-state index >= 15 is 0 Å². The van der Waals surface area contributed by atoms with Gasteiger partial charge >= 0.3 is 5.97 Å². The zero-order valence-electron chi connectivity index (χ0n) is 20.5. The Balaban J connectivity index is 1.47. The highest BCUT2D eigenvalue weighted by Crippen LogP contribution is 2.17. The van der Waals surface area contributed by atoms with Gasteiger partial charge in [-0.3, -0.25) is 14.4 Å². The van der Waals surface area contributed by atoms with E-state index in [0.717, 1.165) is 5.56 Å². The first-order valence-corrected chi connectivity index (χ1v) is 11.7. The number of carbonyl (C=O) groups excluding carboxylic acids is 1. The monoisotopic (exact) mass is 523 g/mol. The van der Waals surface area contributed by atoms with Gasteiger partial charge < -0.3 is 20.1 Å². The smallest absolute Gasteiger partial charge is 0.337 e. The molecule has 0 radical (unpaired) electrons. The van der Waals surface area contributed by atoms with Gasteiger partial charge in [0.2, 0.25) is 11.3 Å². The van der Waals surface area contributed by atoms with E-state index in [1.54, 1.807) is 49.6 Å². The predicted molar refractivity (Wildman–Crippen MR) is 145 cm³/mol. The van der Waals surface area contributed by atoms with E-state index in [0.29, 0.717) is 11.3 Å². The normalized spacial score (nSPS) is 11.2. The maximum absolute atomic E-state index is 13.5. The van der Waals surface area contributed by atoms with Gasteiger partial charge in [0.15, 0.2) is 5.52 Å². The molecule has 2 heterocycles. The van der Waals surface area contributed by atoms with Crippen molar-refractivity contribution in [2.45, 2.75) is 6.54 Å². The minimum atomic E-state index is -1.16. The molecule has 39 heavy (non-hydrogen) atoms. The highest BCUT2D eigenvalue weighted by molar-refractivity contribution is 6.06. The summed E-state index contributed by atoms with van der Waals surface area (Å²) in [6, 6.07) is 18.0. The quantitative estimate of drug-likeness (QED) is 0.275. The first-order valence-electron chi connectivity index (χ1n) is 11.7. The number of carboxylic acid groups (broad SMARTS) is 1. The summed E-state index contributed by atoms with van der Waals surface area (Å²) >= 11 is 0. The van der Waals surface area contributed by atoms with Crippen molar-refractivity contribution in [2.24, 2.45) is 0 Å². The lowest BCUT2D eigenvalue weighted by Gasteiger charge is -2.05. The molecule has 3 aromatic carbocycles. The molecule has 11 nitrogen and oxygen atoms in total. The number of benzene rings is 3. The summed E-state index contributed by atoms with van der Waals surface area (Å²) < 4.78 is 6.56. The molecule has 194 valence electrons. The molecule has 11 heteroatoms. The van der Waals surface area contributed by atoms with E-state index in [-0.39, 0.29) is 39.7 Å². The number of aromatic carboxylic acids is 1. The third kappa shape index (κ3) is 5.14. The van der Waals surface area contributed by atoms with E-state index in [1.807, 2.05) is 12.1 Å². The number of carboxylic acids is 1. The van der Waals surface area contributed by atoms with Crippen molar-refractivity contribution in [3.05, 3.63) is 110 Å². The Labute approximate surface area is 220 Å². The number of aromatic nitrogens is 4. The van der Waals surface area contributed by atoms with Gasteiger partial charge in [-0.2, -0.15) is 0 Å². The van der Waals surface area contributed by atoms with Gasteiger partial charge in [-0.1, -0.05) is 35.5 Å². The number of ether oxygens (including phenoxy) is 1. The van der Waals surface area contributed by atoms with Crippen LogP contribution in [0.4, 0.5) is 5.69 Å². The van der Waals surface area contributed by atoms with Crippen molar-refractivity contribution in [2.75, 3.05) is 12.4 Å². The minimum absolute atomic E-state index is 0.0377. The molecule has 0 saturated heterocycles. The van der Waals surface area contributed by atoms with Crippen LogP contribution in [0.25, 0.3) is 28.0 Å². The maximum atomic E-state index is 13.5. The number of hydrogen-bond acceptors (Lipinski definition) is 7. The van der Waals surface area contributed by atoms with Crippen molar-refractivity contribution in [1.82, 2.24) is 20.0 Å². The van der Waals surface area contributed by atoms with Crippen molar-refractivity contribution >= 4 is 45.6 Å². The SMILES string of the molecule is COc1ccc(Cn2nnc3c(=O)[nH]c4cc(C=CC(=O)Nc5ccccc5C(=O)O)ccc4c(=O)c32)cc1. The maximum Gasteiger partial charge on any atom is 0.337 e. The molecule has 0 spiro atoms. The van der Waals surface area contributed by atoms with Crippen LogP contribution in [0.2, 0.25) is 0 Å². The lowest BCUT2D eigenvalue weighted by molar-refractivity contribution is -0.111. The van der Waals surface area contributed by atoms with Crippen molar-refractivity contribution in [1.29, 1.82) is 0 Å². The third-order valence-corrected chi connectivity index (χ3v) is 6.04. The van der Waals surface area contributed by atoms with E-state index in [4.69, 9.17) is 4.74 Å². The predicted octanol–water partition coefficient (Wildman–Crippen LogP) is 3.04. The van der Waals surface area contributed by atoms with Gasteiger partial charge in [-0.15, -0.1) is 5.10 Å². The molecule has 5 aromatic rings. The molecule has 2 aromatic heterocycles. The number of aromatic amines is 1. The summed E-state index contributed by atoms with van der Waals surface area (Å²) in [5.74, 6) is -1.02. The Kier molecular flexibility index (Phi) is 6.70. The minimum Gasteiger partial charge on any atom is -0.497 e. The average Bonchev–Trinajstić information content (AvgIpc) is 3.31. The number of para-hydroxylation sites is 1. The number of amides is 1. The molecular weight excluding hydrogens is 502 g/mol. The highest BCUT2D eigenvalue weighted by Gasteiger charge is 2.15. The highest BCUT2D eigenvalue weighted by atomic mass is 16.5. The van der Waals surface area contributed by atoms with Crippen LogP contribution in [0, 0.1) is 0 Å². The van der Waals surface area contributed by atoms with Crippen molar-refractivity contribution < 1.29 is 19.4 Å². The van der Waals surface area contributed by atoms with Gasteiger partial charge in [0.05, 0.1) is 30.4 Å². The molecule has 0 atom stereocenters. The Morgan fingerprint density at radius 3 is 2.59 bits per heavy atom. The topological polar surface area (TPSA) is 156 Å². The Morgan fingerprint density at radius 1 is 1.08 bits per heavy atom. The fraction of sp³-hybridized carbons (Fsp3) is 0.0714. The number of carbonyl (C=O) groups is 2. The molecule has 0 aliphatic carbocycles. The lowest BCUT2D eigenvalue weighted by atomic mass is 10.1. The largest absolute Gasteiger partial charge is 0.497 e. The number of hydrogen-bond donors (Lipinski definition) is 3. The van der Waals surface area contributed by atoms with Crippen LogP contribution in [0.5, 0.6) is 5.75 Å². The second-order valence-electron chi connectivity index (χ2n) is 8.55. The van der Waals surface area contributed by atoms with Crippen LogP contribution >= 0.6 is 0 Å². The van der Waals surface area contributed by atoms with Crippen LogP contribution in [-0.4, -0.2) is 44.1 Å². The van der Waals surface area contributed by atoms with Gasteiger partial charge in [0, 0.05) is 11.5 Å². The van der Waals surface area contributed by atoms with E-state index in [1.165, 1.54) is 29.0 Å². The first-order chi connectivity index (χ1) is 18.8. The van der Waals surface area contributed by atoms with Gasteiger partial charge in [-0.25, -0.2) is 9.48 Å². The molecule has 0 aliphatic rings. The number of nitrogens with zero attached hydrogens (tertiary/aromatic N) is 3. The standard InChI is InChI=1S/C28H21N5O6/c1-39-18-10-6-17(7-11-18)15-33-25-24(31-32-33)27(36)30-22-14-16(8-12-19(22)26(25)35)9-13-23(34)29-21-5-3-2-4-20(21)28(37)38/h2-14H,15H2,1H3,(H,29,34)(H,30,36)(H,37,38). The Bertz CT molecular complexity index is 1890. The molecule has 3 N–H and O–H groups in total. The van der Waals surface area contributed by atoms with Crippen molar-refractivity contribution in [3.63, 3.8) is 0 Å². The second-order valence-corrected chi connectivity index (χ2v) is 8.55. The van der Waals surface area contributed by atoms with Gasteiger partial charge in [0.25, 0.3) is 5.56 Å². The summed E-state index contributed by atoms with van der Waals surface area (Å²) in [6.45, 7) is 0.224. The molecule has 0 unspecified atom stereocenters. The van der Waals surface area contributed by atoms with Gasteiger partial charge in [0.1, 0.15) is 11.3 Å². The van der Waals surface area contributed by atoms with Gasteiger partial charge in [-0.05, 0) is 53.6 Å². The molecule has 0 bridgehead atoms. The Hall–Kier alpha value is -5.58. The molecule has 0 saturated carbocycles. The van der Waals surface area contributed by atoms with Crippen LogP contribution < -0.4 is 21.0 Å². The number of anilines is 1. The number of H-pyrrole nitrogens is 1. The molecule has 5 rings (SSSR count). The zero-order chi connectivity index (χ0) is 27.5. The lowest BCUT2D eigenvalue weighted by Crippen LogP contribution is -2.11. The fourth-order valence-corrected chi connectivity index (χ4v) is 4.11. The van der Waals surface area contributed by atoms with Crippen LogP contribution in [0.15, 0.2) is 82.4 Å². The summed E-state index contributed by atoms with van der Waals surface area (Å²) in [4.78, 5) is 52.8. The summed E-state index contributed by atoms with van der Waals surface area (Å²) in [7, 11) is 1.57. The molecule has 1 amide bonds. The van der Waals surface area contributed by atoms with E-state index in [9.17, 15) is 24.3 Å². The Morgan fingerprint density at radius 2 is 1.85 bits per heavy atom. The number of methoxy groups -OCH3 is 1. The van der Waals surface area contributed by atoms with Crippen LogP contribution in [0.1, 0.15) is 21.5 Å². The molecular formula is C28H21N5O6. The number of nitrogens with one attached hydrogen (secondary N) is 2. The summed E-state index contributed by atoms with van der Waals surface area (Å²) in [5.41, 5.74) is 0.737. The third-order valence-electron chi connectivity index (χ3n) is 6.04. The number of fused-ring (bicyclic) bond motifs is 2. The first kappa shape index (κ1) is 25.1. The van der Waals surface area contributed by atoms with Crippen molar-refractivity contribution in [3.8, 4) is 5.75 Å². The molecule has 0 aliphatic heterocycles. The summed E-state index contributed by atoms with van der Waals surface area (Å²) in [6.07, 6.45) is 2.71. The average molecular weight is 524 g/mol. The summed E-state index contributed by atoms with van der Waals surface area (Å²) in [5, 5.41) is 20.0. The van der Waals surface area contributed by atoms with Crippen LogP contribution in [-0.2, 0) is 11.3 Å². The number of rotatable bonds is 7. The fourth-order valence-electron chi connectivity index (χ4n) is 4.11. The van der Waals surface area contributed by atoms with Crippen LogP contribution in [0.3, 0.4) is 0 Å². The molecule has 0 fully saturated rings. The van der Waals surface area contributed by atoms with E-state index < -0.39 is 22.9 Å². The second kappa shape index (κ2) is 10.4.